The number of hydrogen-bond donors (Lipinski definition) is 2. The number of anilines is 1. The molecule has 1 aromatic rings. The zero-order chi connectivity index (χ0) is 7.56. The van der Waals surface area contributed by atoms with Crippen molar-refractivity contribution in [3.63, 3.8) is 0 Å². The maximum absolute atomic E-state index is 8.66. The van der Waals surface area contributed by atoms with E-state index in [2.05, 4.69) is 4.98 Å². The minimum absolute atomic E-state index is 0.126. The number of halogens is 1. The predicted octanol–water partition coefficient (Wildman–Crippen LogP) is 0.809. The van der Waals surface area contributed by atoms with Gasteiger partial charge in [-0.05, 0) is 0 Å². The maximum Gasteiger partial charge on any atom is 0.0822 e. The summed E-state index contributed by atoms with van der Waals surface area (Å²) in [5.74, 6) is 0. The molecule has 3 N–H and O–H groups in total. The Balaban J connectivity index is 3.14. The van der Waals surface area contributed by atoms with Crippen LogP contribution in [0.15, 0.2) is 12.4 Å². The van der Waals surface area contributed by atoms with Crippen molar-refractivity contribution >= 4 is 17.3 Å². The summed E-state index contributed by atoms with van der Waals surface area (Å²) in [6.45, 7) is -0.126. The lowest BCUT2D eigenvalue weighted by Crippen LogP contribution is -1.95. The highest BCUT2D eigenvalue weighted by molar-refractivity contribution is 6.33. The smallest absolute Gasteiger partial charge is 0.0822 e. The highest BCUT2D eigenvalue weighted by Gasteiger charge is 2.00. The van der Waals surface area contributed by atoms with E-state index in [0.717, 1.165) is 0 Å². The SMILES string of the molecule is Nc1c(Cl)cncc1CO. The normalized spacial score (nSPS) is 9.80. The molecule has 0 spiro atoms. The van der Waals surface area contributed by atoms with Gasteiger partial charge in [-0.15, -0.1) is 0 Å². The van der Waals surface area contributed by atoms with Crippen molar-refractivity contribution in [2.24, 2.45) is 0 Å². The van der Waals surface area contributed by atoms with Gasteiger partial charge in [0.15, 0.2) is 0 Å². The number of hydrogen-bond acceptors (Lipinski definition) is 3. The number of aliphatic hydroxyl groups excluding tert-OH is 1. The van der Waals surface area contributed by atoms with Crippen LogP contribution in [-0.4, -0.2) is 10.1 Å². The van der Waals surface area contributed by atoms with Crippen LogP contribution in [0.25, 0.3) is 0 Å². The van der Waals surface area contributed by atoms with Crippen LogP contribution in [0.3, 0.4) is 0 Å². The van der Waals surface area contributed by atoms with Crippen molar-refractivity contribution in [2.45, 2.75) is 6.61 Å². The highest BCUT2D eigenvalue weighted by Crippen LogP contribution is 2.20. The molecule has 0 aliphatic carbocycles. The van der Waals surface area contributed by atoms with Crippen molar-refractivity contribution in [1.82, 2.24) is 4.98 Å². The van der Waals surface area contributed by atoms with Crippen LogP contribution in [0.4, 0.5) is 5.69 Å². The summed E-state index contributed by atoms with van der Waals surface area (Å²) in [5.41, 5.74) is 6.43. The summed E-state index contributed by atoms with van der Waals surface area (Å²) >= 11 is 5.59. The fraction of sp³-hybridized carbons (Fsp3) is 0.167. The van der Waals surface area contributed by atoms with Gasteiger partial charge in [0.2, 0.25) is 0 Å². The molecule has 0 unspecified atom stereocenters. The Labute approximate surface area is 63.5 Å². The van der Waals surface area contributed by atoms with E-state index in [4.69, 9.17) is 22.4 Å². The first-order valence-electron chi connectivity index (χ1n) is 2.74. The molecule has 0 aliphatic rings. The van der Waals surface area contributed by atoms with Crippen LogP contribution in [0, 0.1) is 0 Å². The van der Waals surface area contributed by atoms with Gasteiger partial charge in [0, 0.05) is 18.0 Å². The quantitative estimate of drug-likeness (QED) is 0.636. The van der Waals surface area contributed by atoms with Crippen molar-refractivity contribution in [2.75, 3.05) is 5.73 Å². The first-order chi connectivity index (χ1) is 4.75. The van der Waals surface area contributed by atoms with Crippen LogP contribution >= 0.6 is 11.6 Å². The van der Waals surface area contributed by atoms with Crippen LogP contribution in [0.1, 0.15) is 5.56 Å². The first-order valence-corrected chi connectivity index (χ1v) is 3.12. The zero-order valence-electron chi connectivity index (χ0n) is 5.21. The molecule has 54 valence electrons. The van der Waals surface area contributed by atoms with Crippen LogP contribution in [-0.2, 0) is 6.61 Å². The van der Waals surface area contributed by atoms with Gasteiger partial charge in [-0.2, -0.15) is 0 Å². The van der Waals surface area contributed by atoms with Crippen LogP contribution in [0.2, 0.25) is 5.02 Å². The van der Waals surface area contributed by atoms with E-state index in [0.29, 0.717) is 16.3 Å². The summed E-state index contributed by atoms with van der Waals surface area (Å²) in [6.07, 6.45) is 2.93. The molecule has 0 amide bonds. The number of aromatic nitrogens is 1. The van der Waals surface area contributed by atoms with E-state index in [1.54, 1.807) is 0 Å². The molecule has 0 atom stereocenters. The highest BCUT2D eigenvalue weighted by atomic mass is 35.5. The summed E-state index contributed by atoms with van der Waals surface area (Å²) in [4.78, 5) is 3.74. The number of aliphatic hydroxyl groups is 1. The Morgan fingerprint density at radius 1 is 1.60 bits per heavy atom. The largest absolute Gasteiger partial charge is 0.397 e. The summed E-state index contributed by atoms with van der Waals surface area (Å²) in [5, 5.41) is 9.05. The Morgan fingerprint density at radius 3 is 2.80 bits per heavy atom. The van der Waals surface area contributed by atoms with Gasteiger partial charge in [0.05, 0.1) is 17.3 Å². The summed E-state index contributed by atoms with van der Waals surface area (Å²) in [7, 11) is 0. The molecule has 1 heterocycles. The third-order valence-corrected chi connectivity index (χ3v) is 1.49. The lowest BCUT2D eigenvalue weighted by Gasteiger charge is -2.01. The average Bonchev–Trinajstić information content (AvgIpc) is 1.95. The molecule has 0 radical (unpaired) electrons. The standard InChI is InChI=1S/C6H7ClN2O/c7-5-2-9-1-4(3-10)6(5)8/h1-2,10H,3H2,(H2,8,9). The van der Waals surface area contributed by atoms with E-state index in [-0.39, 0.29) is 6.61 Å². The third kappa shape index (κ3) is 1.20. The monoisotopic (exact) mass is 158 g/mol. The molecule has 0 aromatic carbocycles. The van der Waals surface area contributed by atoms with Gasteiger partial charge < -0.3 is 10.8 Å². The second kappa shape index (κ2) is 2.86. The van der Waals surface area contributed by atoms with E-state index in [1.165, 1.54) is 12.4 Å². The average molecular weight is 159 g/mol. The van der Waals surface area contributed by atoms with Crippen molar-refractivity contribution in [3.05, 3.63) is 23.0 Å². The lowest BCUT2D eigenvalue weighted by molar-refractivity contribution is 0.282. The Bertz CT molecular complexity index is 239. The number of rotatable bonds is 1. The van der Waals surface area contributed by atoms with E-state index in [9.17, 15) is 0 Å². The molecule has 1 aromatic heterocycles. The molecule has 10 heavy (non-hydrogen) atoms. The van der Waals surface area contributed by atoms with Gasteiger partial charge in [-0.1, -0.05) is 11.6 Å². The molecule has 0 bridgehead atoms. The predicted molar refractivity (Wildman–Crippen MR) is 39.6 cm³/mol. The molecule has 0 fully saturated rings. The molecular weight excluding hydrogens is 152 g/mol. The van der Waals surface area contributed by atoms with E-state index >= 15 is 0 Å². The minimum Gasteiger partial charge on any atom is -0.397 e. The summed E-state index contributed by atoms with van der Waals surface area (Å²) in [6, 6.07) is 0. The zero-order valence-corrected chi connectivity index (χ0v) is 5.97. The molecule has 0 saturated heterocycles. The maximum atomic E-state index is 8.66. The second-order valence-corrected chi connectivity index (χ2v) is 2.26. The number of pyridine rings is 1. The van der Waals surface area contributed by atoms with Gasteiger partial charge >= 0.3 is 0 Å². The fourth-order valence-electron chi connectivity index (χ4n) is 0.611. The van der Waals surface area contributed by atoms with Gasteiger partial charge in [0.1, 0.15) is 0 Å². The number of nitrogens with two attached hydrogens (primary N) is 1. The van der Waals surface area contributed by atoms with Gasteiger partial charge in [-0.25, -0.2) is 0 Å². The van der Waals surface area contributed by atoms with Crippen LogP contribution < -0.4 is 5.73 Å². The fourth-order valence-corrected chi connectivity index (χ4v) is 0.789. The van der Waals surface area contributed by atoms with E-state index < -0.39 is 0 Å². The van der Waals surface area contributed by atoms with Crippen LogP contribution in [0.5, 0.6) is 0 Å². The molecule has 1 rings (SSSR count). The van der Waals surface area contributed by atoms with Crippen molar-refractivity contribution in [1.29, 1.82) is 0 Å². The van der Waals surface area contributed by atoms with Crippen molar-refractivity contribution in [3.8, 4) is 0 Å². The Kier molecular flexibility index (Phi) is 2.09. The Hall–Kier alpha value is -0.800. The van der Waals surface area contributed by atoms with Gasteiger partial charge in [0.25, 0.3) is 0 Å². The second-order valence-electron chi connectivity index (χ2n) is 1.85. The molecule has 4 heteroatoms. The lowest BCUT2D eigenvalue weighted by atomic mass is 10.2. The van der Waals surface area contributed by atoms with Crippen molar-refractivity contribution < 1.29 is 5.11 Å². The Morgan fingerprint density at radius 2 is 2.30 bits per heavy atom. The molecule has 0 saturated carbocycles. The number of nitrogen functional groups attached to an aromatic ring is 1. The molecule has 0 aliphatic heterocycles. The molecule has 3 nitrogen and oxygen atoms in total. The number of nitrogens with zero attached hydrogens (tertiary/aromatic N) is 1. The summed E-state index contributed by atoms with van der Waals surface area (Å²) < 4.78 is 0. The first kappa shape index (κ1) is 7.31. The van der Waals surface area contributed by atoms with Gasteiger partial charge in [-0.3, -0.25) is 4.98 Å². The van der Waals surface area contributed by atoms with E-state index in [1.807, 2.05) is 0 Å². The topological polar surface area (TPSA) is 59.1 Å². The third-order valence-electron chi connectivity index (χ3n) is 1.19. The minimum atomic E-state index is -0.126. The molecular formula is C6H7ClN2O.